The van der Waals surface area contributed by atoms with Crippen LogP contribution in [0, 0.1) is 5.92 Å². The molecule has 124 valence electrons. The van der Waals surface area contributed by atoms with Crippen LogP contribution in [0.3, 0.4) is 0 Å². The van der Waals surface area contributed by atoms with Gasteiger partial charge in [-0.05, 0) is 43.4 Å². The Bertz CT molecular complexity index is 651. The normalized spacial score (nSPS) is 17.3. The first-order valence-corrected chi connectivity index (χ1v) is 9.78. The van der Waals surface area contributed by atoms with Crippen molar-refractivity contribution in [2.45, 2.75) is 44.6 Å². The number of fused-ring (bicyclic) bond motifs is 1. The molecule has 1 atom stereocenters. The van der Waals surface area contributed by atoms with E-state index in [1.807, 2.05) is 28.8 Å². The van der Waals surface area contributed by atoms with E-state index in [1.165, 1.54) is 19.3 Å². The van der Waals surface area contributed by atoms with Crippen LogP contribution in [-0.4, -0.2) is 32.5 Å². The summed E-state index contributed by atoms with van der Waals surface area (Å²) in [6, 6.07) is 5.78. The second kappa shape index (κ2) is 7.81. The molecule has 23 heavy (non-hydrogen) atoms. The minimum atomic E-state index is -0.0747. The predicted molar refractivity (Wildman–Crippen MR) is 93.4 cm³/mol. The van der Waals surface area contributed by atoms with Crippen molar-refractivity contribution in [3.63, 3.8) is 0 Å². The quantitative estimate of drug-likeness (QED) is 0.882. The van der Waals surface area contributed by atoms with Gasteiger partial charge in [-0.2, -0.15) is 11.8 Å². The molecule has 0 spiro atoms. The average molecular weight is 332 g/mol. The third-order valence-corrected chi connectivity index (χ3v) is 5.20. The van der Waals surface area contributed by atoms with E-state index in [9.17, 15) is 4.79 Å². The van der Waals surface area contributed by atoms with Gasteiger partial charge >= 0.3 is 0 Å². The van der Waals surface area contributed by atoms with Gasteiger partial charge in [-0.25, -0.2) is 0 Å². The van der Waals surface area contributed by atoms with Crippen LogP contribution in [0.2, 0.25) is 0 Å². The highest BCUT2D eigenvalue weighted by molar-refractivity contribution is 7.98. The van der Waals surface area contributed by atoms with Crippen molar-refractivity contribution < 1.29 is 4.79 Å². The van der Waals surface area contributed by atoms with Gasteiger partial charge in [0.25, 0.3) is 0 Å². The summed E-state index contributed by atoms with van der Waals surface area (Å²) in [6.07, 6.45) is 10.5. The van der Waals surface area contributed by atoms with Crippen molar-refractivity contribution in [3.8, 4) is 0 Å². The molecule has 1 fully saturated rings. The zero-order valence-corrected chi connectivity index (χ0v) is 14.4. The number of nitrogens with one attached hydrogen (secondary N) is 1. The summed E-state index contributed by atoms with van der Waals surface area (Å²) in [7, 11) is 0. The second-order valence-electron chi connectivity index (χ2n) is 6.16. The molecule has 2 aromatic rings. The van der Waals surface area contributed by atoms with Gasteiger partial charge in [0.1, 0.15) is 0 Å². The molecule has 2 heterocycles. The first-order chi connectivity index (χ1) is 11.3. The molecule has 0 aliphatic heterocycles. The molecule has 0 aromatic carbocycles. The Hall–Kier alpha value is -1.56. The van der Waals surface area contributed by atoms with Crippen molar-refractivity contribution in [2.24, 2.45) is 5.92 Å². The van der Waals surface area contributed by atoms with Crippen LogP contribution in [0.25, 0.3) is 5.65 Å². The highest BCUT2D eigenvalue weighted by Crippen LogP contribution is 2.25. The van der Waals surface area contributed by atoms with Crippen molar-refractivity contribution in [3.05, 3.63) is 30.2 Å². The van der Waals surface area contributed by atoms with Crippen molar-refractivity contribution in [1.82, 2.24) is 19.9 Å². The molecule has 0 saturated heterocycles. The Labute approximate surface area is 141 Å². The maximum Gasteiger partial charge on any atom is 0.223 e. The zero-order valence-electron chi connectivity index (χ0n) is 13.6. The first-order valence-electron chi connectivity index (χ1n) is 8.38. The summed E-state index contributed by atoms with van der Waals surface area (Å²) in [5.41, 5.74) is 0.823. The zero-order chi connectivity index (χ0) is 16.1. The number of amides is 1. The third-order valence-electron chi connectivity index (χ3n) is 4.55. The number of carbonyl (C=O) groups is 1. The van der Waals surface area contributed by atoms with Gasteiger partial charge in [0, 0.05) is 12.1 Å². The molecule has 5 nitrogen and oxygen atoms in total. The van der Waals surface area contributed by atoms with Crippen LogP contribution in [0.1, 0.15) is 50.4 Å². The number of rotatable bonds is 6. The number of carbonyl (C=O) groups excluding carboxylic acids is 1. The van der Waals surface area contributed by atoms with E-state index in [1.54, 1.807) is 11.8 Å². The molecule has 0 radical (unpaired) electrons. The van der Waals surface area contributed by atoms with Gasteiger partial charge in [0.2, 0.25) is 5.91 Å². The van der Waals surface area contributed by atoms with E-state index < -0.39 is 0 Å². The molecule has 0 unspecified atom stereocenters. The van der Waals surface area contributed by atoms with Gasteiger partial charge < -0.3 is 5.32 Å². The molecule has 1 N–H and O–H groups in total. The van der Waals surface area contributed by atoms with Crippen LogP contribution >= 0.6 is 11.8 Å². The maximum absolute atomic E-state index is 12.6. The number of nitrogens with zero attached hydrogens (tertiary/aromatic N) is 3. The molecule has 1 aliphatic carbocycles. The summed E-state index contributed by atoms with van der Waals surface area (Å²) in [4.78, 5) is 12.6. The fraction of sp³-hybridized carbons (Fsp3) is 0.588. The topological polar surface area (TPSA) is 59.3 Å². The Morgan fingerprint density at radius 2 is 2.17 bits per heavy atom. The monoisotopic (exact) mass is 332 g/mol. The van der Waals surface area contributed by atoms with E-state index in [0.29, 0.717) is 0 Å². The lowest BCUT2D eigenvalue weighted by atomic mass is 9.88. The summed E-state index contributed by atoms with van der Waals surface area (Å²) in [6.45, 7) is 0. The molecule has 1 amide bonds. The van der Waals surface area contributed by atoms with Gasteiger partial charge in [0.05, 0.1) is 6.04 Å². The molecule has 3 rings (SSSR count). The minimum absolute atomic E-state index is 0.0747. The SMILES string of the molecule is CSCC[C@H](NC(=O)C1CCCCC1)c1nnc2ccccn12. The smallest absolute Gasteiger partial charge is 0.223 e. The van der Waals surface area contributed by atoms with Crippen LogP contribution in [0.15, 0.2) is 24.4 Å². The summed E-state index contributed by atoms with van der Waals surface area (Å²) < 4.78 is 1.98. The standard InChI is InChI=1S/C17H24N4OS/c1-23-12-10-14(18-17(22)13-7-3-2-4-8-13)16-20-19-15-9-5-6-11-21(15)16/h5-6,9,11,13-14H,2-4,7-8,10,12H2,1H3,(H,18,22)/t14-/m0/s1. The van der Waals surface area contributed by atoms with Gasteiger partial charge in [-0.15, -0.1) is 10.2 Å². The lowest BCUT2D eigenvalue weighted by Crippen LogP contribution is -2.36. The molecule has 6 heteroatoms. The molecule has 1 aliphatic rings. The molecular formula is C17H24N4OS. The number of thioether (sulfide) groups is 1. The summed E-state index contributed by atoms with van der Waals surface area (Å²) in [5.74, 6) is 2.17. The first kappa shape index (κ1) is 16.3. The van der Waals surface area contributed by atoms with Crippen molar-refractivity contribution in [2.75, 3.05) is 12.0 Å². The van der Waals surface area contributed by atoms with Gasteiger partial charge in [-0.3, -0.25) is 9.20 Å². The van der Waals surface area contributed by atoms with Gasteiger partial charge in [0.15, 0.2) is 11.5 Å². The minimum Gasteiger partial charge on any atom is -0.346 e. The van der Waals surface area contributed by atoms with E-state index >= 15 is 0 Å². The van der Waals surface area contributed by atoms with E-state index in [-0.39, 0.29) is 17.9 Å². The fourth-order valence-electron chi connectivity index (χ4n) is 3.25. The lowest BCUT2D eigenvalue weighted by Gasteiger charge is -2.24. The van der Waals surface area contributed by atoms with E-state index in [0.717, 1.165) is 36.5 Å². The van der Waals surface area contributed by atoms with Crippen molar-refractivity contribution in [1.29, 1.82) is 0 Å². The van der Waals surface area contributed by atoms with Crippen LogP contribution in [0.4, 0.5) is 0 Å². The molecule has 1 saturated carbocycles. The van der Waals surface area contributed by atoms with Gasteiger partial charge in [-0.1, -0.05) is 25.3 Å². The maximum atomic E-state index is 12.6. The molecular weight excluding hydrogens is 308 g/mol. The van der Waals surface area contributed by atoms with E-state index in [2.05, 4.69) is 21.8 Å². The van der Waals surface area contributed by atoms with Crippen LogP contribution < -0.4 is 5.32 Å². The molecule has 0 bridgehead atoms. The van der Waals surface area contributed by atoms with Crippen molar-refractivity contribution >= 4 is 23.3 Å². The number of hydrogen-bond acceptors (Lipinski definition) is 4. The fourth-order valence-corrected chi connectivity index (χ4v) is 3.72. The van der Waals surface area contributed by atoms with E-state index in [4.69, 9.17) is 0 Å². The second-order valence-corrected chi connectivity index (χ2v) is 7.15. The third kappa shape index (κ3) is 3.86. The lowest BCUT2D eigenvalue weighted by molar-refractivity contribution is -0.126. The Balaban J connectivity index is 1.78. The number of hydrogen-bond donors (Lipinski definition) is 1. The molecule has 2 aromatic heterocycles. The van der Waals surface area contributed by atoms with Crippen LogP contribution in [-0.2, 0) is 4.79 Å². The summed E-state index contributed by atoms with van der Waals surface area (Å²) >= 11 is 1.79. The Kier molecular flexibility index (Phi) is 5.54. The number of pyridine rings is 1. The Morgan fingerprint density at radius 3 is 2.96 bits per heavy atom. The summed E-state index contributed by atoms with van der Waals surface area (Å²) in [5, 5.41) is 11.8. The Morgan fingerprint density at radius 1 is 1.35 bits per heavy atom. The highest BCUT2D eigenvalue weighted by atomic mass is 32.2. The largest absolute Gasteiger partial charge is 0.346 e. The average Bonchev–Trinajstić information content (AvgIpc) is 3.03. The predicted octanol–water partition coefficient (Wildman–Crippen LogP) is 3.22. The highest BCUT2D eigenvalue weighted by Gasteiger charge is 2.26. The van der Waals surface area contributed by atoms with Crippen LogP contribution in [0.5, 0.6) is 0 Å². The number of aromatic nitrogens is 3.